The zero-order valence-corrected chi connectivity index (χ0v) is 11.7. The molecule has 1 aromatic carbocycles. The molecule has 1 heterocycles. The van der Waals surface area contributed by atoms with Gasteiger partial charge in [-0.3, -0.25) is 4.68 Å². The molecule has 0 aliphatic carbocycles. The van der Waals surface area contributed by atoms with Crippen molar-refractivity contribution >= 4 is 0 Å². The molecule has 3 nitrogen and oxygen atoms in total. The largest absolute Gasteiger partial charge is 0.305 e. The second-order valence-electron chi connectivity index (χ2n) is 4.79. The Bertz CT molecular complexity index is 548. The van der Waals surface area contributed by atoms with E-state index in [1.807, 2.05) is 32.2 Å². The Morgan fingerprint density at radius 2 is 2.16 bits per heavy atom. The molecule has 0 fully saturated rings. The first kappa shape index (κ1) is 13.7. The number of halogens is 1. The summed E-state index contributed by atoms with van der Waals surface area (Å²) in [5, 5.41) is 7.56. The standard InChI is InChI=1S/C15H20FN3/c1-4-8-17-15(14-7-9-18-19(14)3)12-6-5-11(2)10-13(12)16/h5-7,9-10,15,17H,4,8H2,1-3H3. The van der Waals surface area contributed by atoms with Crippen LogP contribution in [0, 0.1) is 12.7 Å². The highest BCUT2D eigenvalue weighted by atomic mass is 19.1. The summed E-state index contributed by atoms with van der Waals surface area (Å²) in [6, 6.07) is 7.13. The third-order valence-electron chi connectivity index (χ3n) is 3.22. The topological polar surface area (TPSA) is 29.9 Å². The predicted octanol–water partition coefficient (Wildman–Crippen LogP) is 2.96. The molecule has 19 heavy (non-hydrogen) atoms. The van der Waals surface area contributed by atoms with Crippen molar-refractivity contribution in [3.05, 3.63) is 53.1 Å². The van der Waals surface area contributed by atoms with Crippen molar-refractivity contribution in [3.63, 3.8) is 0 Å². The van der Waals surface area contributed by atoms with Gasteiger partial charge in [0, 0.05) is 18.8 Å². The Labute approximate surface area is 113 Å². The molecule has 0 saturated carbocycles. The van der Waals surface area contributed by atoms with Crippen LogP contribution in [-0.4, -0.2) is 16.3 Å². The van der Waals surface area contributed by atoms with E-state index in [1.165, 1.54) is 0 Å². The predicted molar refractivity (Wildman–Crippen MR) is 74.5 cm³/mol. The van der Waals surface area contributed by atoms with Gasteiger partial charge in [-0.05, 0) is 37.6 Å². The van der Waals surface area contributed by atoms with Crippen molar-refractivity contribution in [2.24, 2.45) is 7.05 Å². The molecule has 2 aromatic rings. The van der Waals surface area contributed by atoms with E-state index in [9.17, 15) is 4.39 Å². The van der Waals surface area contributed by atoms with Crippen molar-refractivity contribution in [3.8, 4) is 0 Å². The Kier molecular flexibility index (Phi) is 4.32. The number of benzene rings is 1. The van der Waals surface area contributed by atoms with Gasteiger partial charge in [-0.25, -0.2) is 4.39 Å². The van der Waals surface area contributed by atoms with Crippen molar-refractivity contribution in [2.75, 3.05) is 6.54 Å². The summed E-state index contributed by atoms with van der Waals surface area (Å²) in [7, 11) is 1.88. The van der Waals surface area contributed by atoms with Crippen molar-refractivity contribution in [1.82, 2.24) is 15.1 Å². The van der Waals surface area contributed by atoms with E-state index in [0.29, 0.717) is 5.56 Å². The maximum Gasteiger partial charge on any atom is 0.128 e. The highest BCUT2D eigenvalue weighted by Crippen LogP contribution is 2.24. The average Bonchev–Trinajstić information content (AvgIpc) is 2.78. The molecule has 0 aliphatic heterocycles. The monoisotopic (exact) mass is 261 g/mol. The minimum atomic E-state index is -0.171. The van der Waals surface area contributed by atoms with Crippen LogP contribution < -0.4 is 5.32 Å². The summed E-state index contributed by atoms with van der Waals surface area (Å²) in [5.74, 6) is -0.171. The fourth-order valence-corrected chi connectivity index (χ4v) is 2.20. The molecule has 0 radical (unpaired) electrons. The Morgan fingerprint density at radius 3 is 2.74 bits per heavy atom. The van der Waals surface area contributed by atoms with Crippen LogP contribution in [0.25, 0.3) is 0 Å². The van der Waals surface area contributed by atoms with Crippen LogP contribution in [0.2, 0.25) is 0 Å². The van der Waals surface area contributed by atoms with Gasteiger partial charge in [0.05, 0.1) is 11.7 Å². The third-order valence-corrected chi connectivity index (χ3v) is 3.22. The molecule has 102 valence electrons. The second-order valence-corrected chi connectivity index (χ2v) is 4.79. The van der Waals surface area contributed by atoms with Crippen molar-refractivity contribution < 1.29 is 4.39 Å². The molecule has 1 unspecified atom stereocenters. The first-order chi connectivity index (χ1) is 9.13. The molecule has 1 N–H and O–H groups in total. The van der Waals surface area contributed by atoms with Gasteiger partial charge in [0.1, 0.15) is 5.82 Å². The average molecular weight is 261 g/mol. The summed E-state index contributed by atoms with van der Waals surface area (Å²) < 4.78 is 16.0. The lowest BCUT2D eigenvalue weighted by Crippen LogP contribution is -2.26. The van der Waals surface area contributed by atoms with Crippen LogP contribution in [-0.2, 0) is 7.05 Å². The smallest absolute Gasteiger partial charge is 0.128 e. The number of rotatable bonds is 5. The maximum atomic E-state index is 14.2. The summed E-state index contributed by atoms with van der Waals surface area (Å²) >= 11 is 0. The third kappa shape index (κ3) is 3.01. The summed E-state index contributed by atoms with van der Waals surface area (Å²) in [4.78, 5) is 0. The van der Waals surface area contributed by atoms with E-state index in [4.69, 9.17) is 0 Å². The Balaban J connectivity index is 2.40. The van der Waals surface area contributed by atoms with Crippen LogP contribution in [0.15, 0.2) is 30.5 Å². The molecule has 0 spiro atoms. The number of nitrogens with zero attached hydrogens (tertiary/aromatic N) is 2. The second kappa shape index (κ2) is 5.97. The molecule has 0 aliphatic rings. The van der Waals surface area contributed by atoms with Crippen LogP contribution >= 0.6 is 0 Å². The van der Waals surface area contributed by atoms with Crippen molar-refractivity contribution in [1.29, 1.82) is 0 Å². The van der Waals surface area contributed by atoms with E-state index >= 15 is 0 Å². The summed E-state index contributed by atoms with van der Waals surface area (Å²) in [6.07, 6.45) is 2.74. The molecule has 2 rings (SSSR count). The zero-order chi connectivity index (χ0) is 13.8. The minimum Gasteiger partial charge on any atom is -0.305 e. The number of aromatic nitrogens is 2. The summed E-state index contributed by atoms with van der Waals surface area (Å²) in [6.45, 7) is 4.83. The lowest BCUT2D eigenvalue weighted by atomic mass is 10.0. The van der Waals surface area contributed by atoms with Gasteiger partial charge >= 0.3 is 0 Å². The Hall–Kier alpha value is -1.68. The lowest BCUT2D eigenvalue weighted by Gasteiger charge is -2.20. The molecule has 1 aromatic heterocycles. The van der Waals surface area contributed by atoms with Gasteiger partial charge in [0.2, 0.25) is 0 Å². The first-order valence-corrected chi connectivity index (χ1v) is 6.60. The molecular formula is C15H20FN3. The van der Waals surface area contributed by atoms with Gasteiger partial charge in [-0.1, -0.05) is 19.1 Å². The normalized spacial score (nSPS) is 12.6. The number of nitrogens with one attached hydrogen (secondary N) is 1. The van der Waals surface area contributed by atoms with Gasteiger partial charge in [-0.15, -0.1) is 0 Å². The quantitative estimate of drug-likeness (QED) is 0.896. The molecule has 4 heteroatoms. The molecule has 0 bridgehead atoms. The lowest BCUT2D eigenvalue weighted by molar-refractivity contribution is 0.520. The fourth-order valence-electron chi connectivity index (χ4n) is 2.20. The van der Waals surface area contributed by atoms with Crippen LogP contribution in [0.4, 0.5) is 4.39 Å². The first-order valence-electron chi connectivity index (χ1n) is 6.60. The molecule has 0 saturated heterocycles. The highest BCUT2D eigenvalue weighted by Gasteiger charge is 2.19. The number of aryl methyl sites for hydroxylation is 2. The maximum absolute atomic E-state index is 14.2. The number of hydrogen-bond acceptors (Lipinski definition) is 2. The van der Waals surface area contributed by atoms with Crippen LogP contribution in [0.1, 0.15) is 36.2 Å². The van der Waals surface area contributed by atoms with Gasteiger partial charge in [0.15, 0.2) is 0 Å². The fraction of sp³-hybridized carbons (Fsp3) is 0.400. The van der Waals surface area contributed by atoms with E-state index in [2.05, 4.69) is 17.3 Å². The summed E-state index contributed by atoms with van der Waals surface area (Å²) in [5.41, 5.74) is 2.57. The molecular weight excluding hydrogens is 241 g/mol. The zero-order valence-electron chi connectivity index (χ0n) is 11.7. The molecule has 0 amide bonds. The SMILES string of the molecule is CCCNC(c1ccc(C)cc1F)c1ccnn1C. The van der Waals surface area contributed by atoms with Crippen LogP contribution in [0.5, 0.6) is 0 Å². The highest BCUT2D eigenvalue weighted by molar-refractivity contribution is 5.31. The van der Waals surface area contributed by atoms with Gasteiger partial charge in [-0.2, -0.15) is 5.10 Å². The number of hydrogen-bond donors (Lipinski definition) is 1. The van der Waals surface area contributed by atoms with Gasteiger partial charge in [0.25, 0.3) is 0 Å². The van der Waals surface area contributed by atoms with E-state index in [-0.39, 0.29) is 11.9 Å². The minimum absolute atomic E-state index is 0.159. The Morgan fingerprint density at radius 1 is 1.37 bits per heavy atom. The molecule has 1 atom stereocenters. The van der Waals surface area contributed by atoms with E-state index in [0.717, 1.165) is 24.2 Å². The van der Waals surface area contributed by atoms with Crippen LogP contribution in [0.3, 0.4) is 0 Å². The van der Waals surface area contributed by atoms with E-state index in [1.54, 1.807) is 16.9 Å². The van der Waals surface area contributed by atoms with Crippen molar-refractivity contribution in [2.45, 2.75) is 26.3 Å². The van der Waals surface area contributed by atoms with E-state index < -0.39 is 0 Å². The van der Waals surface area contributed by atoms with Gasteiger partial charge < -0.3 is 5.32 Å².